The Labute approximate surface area is 168 Å². The summed E-state index contributed by atoms with van der Waals surface area (Å²) in [6, 6.07) is 9.34. The molecule has 1 N–H and O–H groups in total. The van der Waals surface area contributed by atoms with Crippen molar-refractivity contribution in [3.63, 3.8) is 0 Å². The Bertz CT molecular complexity index is 1030. The minimum Gasteiger partial charge on any atom is -0.493 e. The minimum absolute atomic E-state index is 0.318. The molecular weight excluding hydrogens is 372 g/mol. The fourth-order valence-corrected chi connectivity index (χ4v) is 3.42. The fourth-order valence-electron chi connectivity index (χ4n) is 3.42. The first kappa shape index (κ1) is 18.8. The number of amides is 1. The quantitative estimate of drug-likeness (QED) is 0.711. The van der Waals surface area contributed by atoms with Crippen molar-refractivity contribution in [1.29, 1.82) is 0 Å². The molecule has 8 nitrogen and oxygen atoms in total. The molecule has 3 heterocycles. The van der Waals surface area contributed by atoms with Crippen LogP contribution in [0.15, 0.2) is 41.1 Å². The third-order valence-corrected chi connectivity index (χ3v) is 4.93. The summed E-state index contributed by atoms with van der Waals surface area (Å²) in [5, 5.41) is 6.43. The summed E-state index contributed by atoms with van der Waals surface area (Å²) in [4.78, 5) is 18.9. The van der Waals surface area contributed by atoms with E-state index in [0.29, 0.717) is 17.3 Å². The summed E-state index contributed by atoms with van der Waals surface area (Å²) >= 11 is 0. The van der Waals surface area contributed by atoms with Crippen LogP contribution < -0.4 is 19.7 Å². The summed E-state index contributed by atoms with van der Waals surface area (Å²) in [7, 11) is 3.28. The first-order valence-corrected chi connectivity index (χ1v) is 9.27. The molecule has 29 heavy (non-hydrogen) atoms. The molecule has 1 aliphatic rings. The van der Waals surface area contributed by atoms with Crippen molar-refractivity contribution in [2.24, 2.45) is 0 Å². The number of hydrogen-bond acceptors (Lipinski definition) is 7. The van der Waals surface area contributed by atoms with Gasteiger partial charge < -0.3 is 24.2 Å². The second-order valence-corrected chi connectivity index (χ2v) is 6.83. The smallest absolute Gasteiger partial charge is 0.275 e. The van der Waals surface area contributed by atoms with E-state index in [4.69, 9.17) is 14.0 Å². The molecule has 0 atom stereocenters. The van der Waals surface area contributed by atoms with Crippen molar-refractivity contribution in [3.05, 3.63) is 59.1 Å². The largest absolute Gasteiger partial charge is 0.493 e. The zero-order valence-corrected chi connectivity index (χ0v) is 16.6. The van der Waals surface area contributed by atoms with Gasteiger partial charge in [-0.1, -0.05) is 5.16 Å². The Morgan fingerprint density at radius 1 is 1.14 bits per heavy atom. The van der Waals surface area contributed by atoms with Crippen LogP contribution in [0.2, 0.25) is 0 Å². The number of aryl methyl sites for hydroxylation is 1. The molecule has 1 amide bonds. The molecule has 2 aromatic heterocycles. The van der Waals surface area contributed by atoms with Gasteiger partial charge in [0.2, 0.25) is 0 Å². The number of ether oxygens (including phenoxy) is 2. The normalized spacial score (nSPS) is 13.0. The summed E-state index contributed by atoms with van der Waals surface area (Å²) in [5.41, 5.74) is 3.72. The minimum atomic E-state index is -0.328. The highest BCUT2D eigenvalue weighted by molar-refractivity contribution is 6.02. The molecule has 8 heteroatoms. The maximum atomic E-state index is 12.3. The van der Waals surface area contributed by atoms with Crippen LogP contribution in [0.3, 0.4) is 0 Å². The third kappa shape index (κ3) is 3.87. The number of hydrogen-bond donors (Lipinski definition) is 1. The van der Waals surface area contributed by atoms with E-state index in [0.717, 1.165) is 36.7 Å². The Morgan fingerprint density at radius 2 is 1.90 bits per heavy atom. The lowest BCUT2D eigenvalue weighted by Gasteiger charge is -2.31. The molecular formula is C21H22N4O4. The van der Waals surface area contributed by atoms with Crippen molar-refractivity contribution in [2.75, 3.05) is 31.0 Å². The molecule has 0 radical (unpaired) electrons. The summed E-state index contributed by atoms with van der Waals surface area (Å²) in [6.07, 6.45) is 2.61. The lowest BCUT2D eigenvalue weighted by Crippen LogP contribution is -2.30. The van der Waals surface area contributed by atoms with Crippen molar-refractivity contribution in [1.82, 2.24) is 10.1 Å². The topological polar surface area (TPSA) is 89.7 Å². The van der Waals surface area contributed by atoms with E-state index in [9.17, 15) is 4.79 Å². The number of carbonyl (C=O) groups excluding carboxylic acids is 1. The van der Waals surface area contributed by atoms with E-state index in [1.54, 1.807) is 39.5 Å². The summed E-state index contributed by atoms with van der Waals surface area (Å²) < 4.78 is 15.8. The van der Waals surface area contributed by atoms with Gasteiger partial charge in [0.15, 0.2) is 17.3 Å². The molecule has 1 aromatic carbocycles. The Kier molecular flexibility index (Phi) is 5.07. The second kappa shape index (κ2) is 7.83. The van der Waals surface area contributed by atoms with Gasteiger partial charge in [-0.3, -0.25) is 4.79 Å². The van der Waals surface area contributed by atoms with Gasteiger partial charge in [0.25, 0.3) is 5.91 Å². The monoisotopic (exact) mass is 394 g/mol. The maximum Gasteiger partial charge on any atom is 0.275 e. The lowest BCUT2D eigenvalue weighted by molar-refractivity contribution is 0.102. The fraction of sp³-hybridized carbons (Fsp3) is 0.286. The molecule has 0 unspecified atom stereocenters. The van der Waals surface area contributed by atoms with Crippen LogP contribution in [0, 0.1) is 6.92 Å². The number of anilines is 2. The van der Waals surface area contributed by atoms with Gasteiger partial charge >= 0.3 is 0 Å². The van der Waals surface area contributed by atoms with Gasteiger partial charge in [-0.05, 0) is 48.7 Å². The van der Waals surface area contributed by atoms with Gasteiger partial charge in [0.05, 0.1) is 26.1 Å². The predicted octanol–water partition coefficient (Wildman–Crippen LogP) is 3.21. The molecule has 0 bridgehead atoms. The van der Waals surface area contributed by atoms with Gasteiger partial charge in [-0.2, -0.15) is 0 Å². The van der Waals surface area contributed by atoms with Gasteiger partial charge in [0, 0.05) is 19.2 Å². The molecule has 0 saturated carbocycles. The number of pyridine rings is 1. The lowest BCUT2D eigenvalue weighted by atomic mass is 9.98. The summed E-state index contributed by atoms with van der Waals surface area (Å²) in [5.74, 6) is 2.14. The SMILES string of the molecule is COc1cc2c(cc1OC)CN(c1ccc(C(=O)Nc3cc(C)on3)nc1)CC2. The third-order valence-electron chi connectivity index (χ3n) is 4.93. The molecule has 150 valence electrons. The first-order chi connectivity index (χ1) is 14.1. The molecule has 0 aliphatic carbocycles. The number of nitrogens with one attached hydrogen (secondary N) is 1. The van der Waals surface area contributed by atoms with Crippen LogP contribution in [0.1, 0.15) is 27.4 Å². The highest BCUT2D eigenvalue weighted by Gasteiger charge is 2.20. The molecule has 4 rings (SSSR count). The Morgan fingerprint density at radius 3 is 2.52 bits per heavy atom. The average molecular weight is 394 g/mol. The van der Waals surface area contributed by atoms with Crippen LogP contribution >= 0.6 is 0 Å². The van der Waals surface area contributed by atoms with Crippen LogP contribution in [0.5, 0.6) is 11.5 Å². The van der Waals surface area contributed by atoms with Crippen LogP contribution in [-0.2, 0) is 13.0 Å². The number of methoxy groups -OCH3 is 2. The van der Waals surface area contributed by atoms with Crippen LogP contribution in [0.25, 0.3) is 0 Å². The second-order valence-electron chi connectivity index (χ2n) is 6.83. The van der Waals surface area contributed by atoms with Crippen molar-refractivity contribution in [2.45, 2.75) is 19.9 Å². The highest BCUT2D eigenvalue weighted by atomic mass is 16.5. The van der Waals surface area contributed by atoms with E-state index in [-0.39, 0.29) is 5.91 Å². The number of carbonyl (C=O) groups is 1. The van der Waals surface area contributed by atoms with Gasteiger partial charge in [-0.25, -0.2) is 4.98 Å². The highest BCUT2D eigenvalue weighted by Crippen LogP contribution is 2.34. The van der Waals surface area contributed by atoms with Gasteiger partial charge in [-0.15, -0.1) is 0 Å². The molecule has 0 saturated heterocycles. The van der Waals surface area contributed by atoms with E-state index in [1.807, 2.05) is 18.2 Å². The first-order valence-electron chi connectivity index (χ1n) is 9.27. The molecule has 3 aromatic rings. The Hall–Kier alpha value is -3.55. The summed E-state index contributed by atoms with van der Waals surface area (Å²) in [6.45, 7) is 3.35. The number of aromatic nitrogens is 2. The average Bonchev–Trinajstić information content (AvgIpc) is 3.16. The maximum absolute atomic E-state index is 12.3. The zero-order chi connectivity index (χ0) is 20.4. The number of fused-ring (bicyclic) bond motifs is 1. The number of nitrogens with zero attached hydrogens (tertiary/aromatic N) is 3. The van der Waals surface area contributed by atoms with E-state index in [2.05, 4.69) is 20.4 Å². The van der Waals surface area contributed by atoms with E-state index >= 15 is 0 Å². The van der Waals surface area contributed by atoms with Crippen molar-refractivity contribution >= 4 is 17.4 Å². The molecule has 0 fully saturated rings. The molecule has 1 aliphatic heterocycles. The predicted molar refractivity (Wildman–Crippen MR) is 108 cm³/mol. The van der Waals surface area contributed by atoms with E-state index < -0.39 is 0 Å². The zero-order valence-electron chi connectivity index (χ0n) is 16.6. The number of rotatable bonds is 5. The Balaban J connectivity index is 1.48. The van der Waals surface area contributed by atoms with Crippen LogP contribution in [-0.4, -0.2) is 36.8 Å². The van der Waals surface area contributed by atoms with E-state index in [1.165, 1.54) is 11.1 Å². The van der Waals surface area contributed by atoms with Crippen LogP contribution in [0.4, 0.5) is 11.5 Å². The van der Waals surface area contributed by atoms with Gasteiger partial charge in [0.1, 0.15) is 11.5 Å². The number of benzene rings is 1. The van der Waals surface area contributed by atoms with Crippen molar-refractivity contribution < 1.29 is 18.8 Å². The molecule has 0 spiro atoms. The van der Waals surface area contributed by atoms with Crippen molar-refractivity contribution in [3.8, 4) is 11.5 Å². The standard InChI is InChI=1S/C21H22N4O4/c1-13-8-20(24-29-13)23-21(26)17-5-4-16(11-22-17)25-7-6-14-9-18(27-2)19(28-3)10-15(14)12-25/h4-5,8-11H,6-7,12H2,1-3H3,(H,23,24,26).